The van der Waals surface area contributed by atoms with Gasteiger partial charge in [-0.05, 0) is 55.1 Å². The highest BCUT2D eigenvalue weighted by molar-refractivity contribution is 7.89. The minimum absolute atomic E-state index is 0.000680. The molecule has 0 aliphatic rings. The van der Waals surface area contributed by atoms with E-state index in [4.69, 9.17) is 4.74 Å². The summed E-state index contributed by atoms with van der Waals surface area (Å²) in [6.45, 7) is 3.26. The van der Waals surface area contributed by atoms with Gasteiger partial charge in [0, 0.05) is 30.3 Å². The van der Waals surface area contributed by atoms with Gasteiger partial charge in [-0.1, -0.05) is 42.0 Å². The molecule has 1 aromatic heterocycles. The van der Waals surface area contributed by atoms with Crippen LogP contribution in [0.5, 0.6) is 5.75 Å². The maximum Gasteiger partial charge on any atom is 0.252 e. The van der Waals surface area contributed by atoms with Crippen molar-refractivity contribution in [1.82, 2.24) is 9.29 Å². The third-order valence-electron chi connectivity index (χ3n) is 5.83. The van der Waals surface area contributed by atoms with Crippen LogP contribution < -0.4 is 10.3 Å². The third kappa shape index (κ3) is 5.34. The zero-order valence-corrected chi connectivity index (χ0v) is 20.6. The second-order valence-corrected chi connectivity index (χ2v) is 10.4. The lowest BCUT2D eigenvalue weighted by atomic mass is 10.1. The molecular formula is C27H26N2O5S. The van der Waals surface area contributed by atoms with Gasteiger partial charge in [-0.2, -0.15) is 4.31 Å². The quantitative estimate of drug-likeness (QED) is 0.369. The number of ether oxygens (including phenoxy) is 1. The molecule has 0 atom stereocenters. The van der Waals surface area contributed by atoms with Gasteiger partial charge in [-0.3, -0.25) is 9.59 Å². The average Bonchev–Trinajstić information content (AvgIpc) is 2.85. The Balaban J connectivity index is 1.78. The van der Waals surface area contributed by atoms with Crippen LogP contribution >= 0.6 is 0 Å². The number of fused-ring (bicyclic) bond motifs is 1. The topological polar surface area (TPSA) is 96.5 Å². The molecule has 0 bridgehead atoms. The lowest BCUT2D eigenvalue weighted by molar-refractivity contribution is 0.101. The van der Waals surface area contributed by atoms with Crippen molar-refractivity contribution >= 4 is 26.7 Å². The molecule has 4 aromatic rings. The van der Waals surface area contributed by atoms with E-state index >= 15 is 0 Å². The summed E-state index contributed by atoms with van der Waals surface area (Å²) in [5.74, 6) is 0.378. The van der Waals surface area contributed by atoms with E-state index in [0.717, 1.165) is 16.5 Å². The summed E-state index contributed by atoms with van der Waals surface area (Å²) in [6.07, 6.45) is 0. The van der Waals surface area contributed by atoms with Crippen molar-refractivity contribution in [2.45, 2.75) is 31.8 Å². The highest BCUT2D eigenvalue weighted by atomic mass is 32.2. The Morgan fingerprint density at radius 3 is 2.40 bits per heavy atom. The van der Waals surface area contributed by atoms with Crippen molar-refractivity contribution < 1.29 is 17.9 Å². The summed E-state index contributed by atoms with van der Waals surface area (Å²) in [5.41, 5.74) is 2.66. The van der Waals surface area contributed by atoms with E-state index in [9.17, 15) is 18.0 Å². The molecule has 0 saturated heterocycles. The summed E-state index contributed by atoms with van der Waals surface area (Å²) < 4.78 is 33.9. The predicted octanol–water partition coefficient (Wildman–Crippen LogP) is 4.44. The van der Waals surface area contributed by atoms with Crippen LogP contribution in [0.1, 0.15) is 34.0 Å². The number of nitrogens with one attached hydrogen (secondary N) is 1. The van der Waals surface area contributed by atoms with E-state index in [2.05, 4.69) is 4.98 Å². The number of aryl methyl sites for hydroxylation is 1. The number of benzene rings is 3. The molecular weight excluding hydrogens is 464 g/mol. The monoisotopic (exact) mass is 490 g/mol. The number of Topliss-reactive ketones (excluding diaryl/α,β-unsaturated/α-hetero) is 1. The maximum absolute atomic E-state index is 13.7. The molecule has 7 nitrogen and oxygen atoms in total. The third-order valence-corrected chi connectivity index (χ3v) is 7.62. The van der Waals surface area contributed by atoms with E-state index in [-0.39, 0.29) is 29.3 Å². The summed E-state index contributed by atoms with van der Waals surface area (Å²) in [7, 11) is -2.49. The maximum atomic E-state index is 13.7. The molecule has 0 aliphatic carbocycles. The first-order chi connectivity index (χ1) is 16.7. The zero-order valence-electron chi connectivity index (χ0n) is 19.7. The number of ketones is 1. The first-order valence-corrected chi connectivity index (χ1v) is 12.5. The predicted molar refractivity (Wildman–Crippen MR) is 135 cm³/mol. The fourth-order valence-corrected chi connectivity index (χ4v) is 5.26. The average molecular weight is 491 g/mol. The molecule has 0 aliphatic heterocycles. The van der Waals surface area contributed by atoms with Gasteiger partial charge < -0.3 is 9.72 Å². The van der Waals surface area contributed by atoms with E-state index in [1.165, 1.54) is 23.4 Å². The van der Waals surface area contributed by atoms with Crippen LogP contribution in [-0.2, 0) is 23.1 Å². The smallest absolute Gasteiger partial charge is 0.252 e. The van der Waals surface area contributed by atoms with Crippen molar-refractivity contribution in [1.29, 1.82) is 0 Å². The minimum Gasteiger partial charge on any atom is -0.497 e. The van der Waals surface area contributed by atoms with E-state index in [1.54, 1.807) is 37.4 Å². The van der Waals surface area contributed by atoms with Crippen LogP contribution in [0.2, 0.25) is 0 Å². The number of carbonyl (C=O) groups is 1. The number of carbonyl (C=O) groups excluding carboxylic acids is 1. The number of methoxy groups -OCH3 is 1. The fraction of sp³-hybridized carbons (Fsp3) is 0.185. The molecule has 180 valence electrons. The minimum atomic E-state index is -4.04. The van der Waals surface area contributed by atoms with Gasteiger partial charge >= 0.3 is 0 Å². The van der Waals surface area contributed by atoms with E-state index in [0.29, 0.717) is 22.4 Å². The molecule has 1 N–H and O–H groups in total. The summed E-state index contributed by atoms with van der Waals surface area (Å²) in [4.78, 5) is 27.6. The van der Waals surface area contributed by atoms with Gasteiger partial charge in [0.15, 0.2) is 5.78 Å². The second kappa shape index (κ2) is 9.85. The zero-order chi connectivity index (χ0) is 25.2. The number of sulfonamides is 1. The van der Waals surface area contributed by atoms with Crippen LogP contribution in [0.15, 0.2) is 82.5 Å². The molecule has 0 unspecified atom stereocenters. The number of pyridine rings is 1. The summed E-state index contributed by atoms with van der Waals surface area (Å²) in [6, 6.07) is 20.5. The molecule has 0 radical (unpaired) electrons. The Bertz CT molecular complexity index is 1560. The van der Waals surface area contributed by atoms with Crippen molar-refractivity contribution in [3.05, 3.63) is 105 Å². The van der Waals surface area contributed by atoms with Gasteiger partial charge in [0.2, 0.25) is 10.0 Å². The Hall–Kier alpha value is -3.75. The lowest BCUT2D eigenvalue weighted by Crippen LogP contribution is -2.32. The molecule has 3 aromatic carbocycles. The van der Waals surface area contributed by atoms with Gasteiger partial charge in [0.05, 0.1) is 17.5 Å². The Morgan fingerprint density at radius 1 is 0.971 bits per heavy atom. The first kappa shape index (κ1) is 24.4. The van der Waals surface area contributed by atoms with E-state index < -0.39 is 10.0 Å². The van der Waals surface area contributed by atoms with Gasteiger partial charge in [-0.25, -0.2) is 8.42 Å². The summed E-state index contributed by atoms with van der Waals surface area (Å²) >= 11 is 0. The molecule has 35 heavy (non-hydrogen) atoms. The molecule has 0 spiro atoms. The number of hydrogen-bond acceptors (Lipinski definition) is 5. The van der Waals surface area contributed by atoms with Gasteiger partial charge in [0.25, 0.3) is 5.56 Å². The standard InChI is InChI=1S/C27H26N2O5S/c1-18-7-9-20(10-8-18)16-29(35(32,33)25-6-4-5-21(14-25)19(2)30)17-23-13-22-11-12-24(34-3)15-26(22)28-27(23)31/h4-15H,16-17H2,1-3H3,(H,28,31). The van der Waals surface area contributed by atoms with Crippen LogP contribution in [-0.4, -0.2) is 30.6 Å². The molecule has 0 amide bonds. The van der Waals surface area contributed by atoms with Crippen LogP contribution in [0.3, 0.4) is 0 Å². The largest absolute Gasteiger partial charge is 0.497 e. The molecule has 8 heteroatoms. The molecule has 0 saturated carbocycles. The lowest BCUT2D eigenvalue weighted by Gasteiger charge is -2.23. The van der Waals surface area contributed by atoms with Crippen molar-refractivity contribution in [2.75, 3.05) is 7.11 Å². The first-order valence-electron chi connectivity index (χ1n) is 11.0. The van der Waals surface area contributed by atoms with Crippen molar-refractivity contribution in [3.63, 3.8) is 0 Å². The molecule has 1 heterocycles. The number of hydrogen-bond donors (Lipinski definition) is 1. The number of rotatable bonds is 8. The van der Waals surface area contributed by atoms with Gasteiger partial charge in [-0.15, -0.1) is 0 Å². The summed E-state index contributed by atoms with van der Waals surface area (Å²) in [5, 5.41) is 0.756. The number of aromatic amines is 1. The van der Waals surface area contributed by atoms with Crippen molar-refractivity contribution in [2.24, 2.45) is 0 Å². The highest BCUT2D eigenvalue weighted by Gasteiger charge is 2.26. The molecule has 4 rings (SSSR count). The number of aromatic nitrogens is 1. The SMILES string of the molecule is COc1ccc2cc(CN(Cc3ccc(C)cc3)S(=O)(=O)c3cccc(C(C)=O)c3)c(=O)[nH]c2c1. The fourth-order valence-electron chi connectivity index (χ4n) is 3.81. The van der Waals surface area contributed by atoms with Crippen LogP contribution in [0.25, 0.3) is 10.9 Å². The van der Waals surface area contributed by atoms with Gasteiger partial charge in [0.1, 0.15) is 5.75 Å². The van der Waals surface area contributed by atoms with E-state index in [1.807, 2.05) is 37.3 Å². The van der Waals surface area contributed by atoms with Crippen LogP contribution in [0, 0.1) is 6.92 Å². The van der Waals surface area contributed by atoms with Crippen molar-refractivity contribution in [3.8, 4) is 5.75 Å². The Morgan fingerprint density at radius 2 is 1.71 bits per heavy atom. The number of H-pyrrole nitrogens is 1. The second-order valence-electron chi connectivity index (χ2n) is 8.42. The van der Waals surface area contributed by atoms with Crippen LogP contribution in [0.4, 0.5) is 0 Å². The Labute approximate surface area is 204 Å². The molecule has 0 fully saturated rings. The Kier molecular flexibility index (Phi) is 6.86. The normalized spacial score (nSPS) is 11.7. The number of nitrogens with zero attached hydrogens (tertiary/aromatic N) is 1. The highest BCUT2D eigenvalue weighted by Crippen LogP contribution is 2.24.